The van der Waals surface area contributed by atoms with E-state index >= 15 is 0 Å². The molecule has 1 atom stereocenters. The molecule has 0 aliphatic rings. The van der Waals surface area contributed by atoms with Crippen molar-refractivity contribution >= 4 is 5.91 Å². The molecule has 0 saturated heterocycles. The third-order valence-electron chi connectivity index (χ3n) is 2.81. The fraction of sp³-hybridized carbons (Fsp3) is 0.385. The predicted octanol–water partition coefficient (Wildman–Crippen LogP) is 1.82. The number of methoxy groups -OCH3 is 1. The van der Waals surface area contributed by atoms with Crippen molar-refractivity contribution in [3.05, 3.63) is 23.8 Å². The van der Waals surface area contributed by atoms with Crippen LogP contribution in [0.25, 0.3) is 0 Å². The highest BCUT2D eigenvalue weighted by Crippen LogP contribution is 2.29. The van der Waals surface area contributed by atoms with Gasteiger partial charge < -0.3 is 15.2 Å². The Balaban J connectivity index is 3.03. The number of ether oxygens (including phenoxy) is 1. The average Bonchev–Trinajstić information content (AvgIpc) is 2.38. The van der Waals surface area contributed by atoms with Gasteiger partial charge in [0.1, 0.15) is 5.54 Å². The summed E-state index contributed by atoms with van der Waals surface area (Å²) in [5, 5.41) is 21.4. The van der Waals surface area contributed by atoms with Gasteiger partial charge in [-0.3, -0.25) is 4.79 Å². The minimum absolute atomic E-state index is 0.0873. The van der Waals surface area contributed by atoms with Gasteiger partial charge in [-0.25, -0.2) is 0 Å². The number of phenolic OH excluding ortho intramolecular Hbond substituents is 1. The monoisotopic (exact) mass is 248 g/mol. The number of carbonyl (C=O) groups excluding carboxylic acids is 1. The van der Waals surface area contributed by atoms with E-state index in [0.29, 0.717) is 6.42 Å². The number of hydrogen-bond acceptors (Lipinski definition) is 4. The van der Waals surface area contributed by atoms with Crippen LogP contribution in [0.1, 0.15) is 30.6 Å². The Labute approximate surface area is 106 Å². The van der Waals surface area contributed by atoms with Crippen molar-refractivity contribution in [2.24, 2.45) is 0 Å². The maximum atomic E-state index is 12.0. The maximum Gasteiger partial charge on any atom is 0.256 e. The molecule has 0 radical (unpaired) electrons. The Kier molecular flexibility index (Phi) is 4.16. The van der Waals surface area contributed by atoms with E-state index < -0.39 is 11.4 Å². The predicted molar refractivity (Wildman–Crippen MR) is 66.4 cm³/mol. The molecule has 1 amide bonds. The molecule has 0 bridgehead atoms. The largest absolute Gasteiger partial charge is 0.504 e. The van der Waals surface area contributed by atoms with Crippen molar-refractivity contribution in [1.82, 2.24) is 5.32 Å². The van der Waals surface area contributed by atoms with Crippen LogP contribution in [0.2, 0.25) is 0 Å². The molecule has 0 saturated carbocycles. The van der Waals surface area contributed by atoms with Gasteiger partial charge in [-0.15, -0.1) is 0 Å². The average molecular weight is 248 g/mol. The van der Waals surface area contributed by atoms with Gasteiger partial charge in [0.2, 0.25) is 0 Å². The first-order chi connectivity index (χ1) is 8.47. The van der Waals surface area contributed by atoms with Crippen molar-refractivity contribution in [2.45, 2.75) is 25.8 Å². The molecule has 2 N–H and O–H groups in total. The summed E-state index contributed by atoms with van der Waals surface area (Å²) in [6.07, 6.45) is 0.472. The SMILES string of the molecule is CCC(C)(C#N)NC(=O)c1cccc(OC)c1O. The Morgan fingerprint density at radius 2 is 2.28 bits per heavy atom. The van der Waals surface area contributed by atoms with E-state index in [9.17, 15) is 9.90 Å². The van der Waals surface area contributed by atoms with Crippen molar-refractivity contribution < 1.29 is 14.6 Å². The number of para-hydroxylation sites is 1. The number of carbonyl (C=O) groups is 1. The highest BCUT2D eigenvalue weighted by molar-refractivity contribution is 5.98. The summed E-state index contributed by atoms with van der Waals surface area (Å²) in [6.45, 7) is 3.43. The van der Waals surface area contributed by atoms with Gasteiger partial charge in [-0.05, 0) is 25.5 Å². The smallest absolute Gasteiger partial charge is 0.256 e. The standard InChI is InChI=1S/C13H16N2O3/c1-4-13(2,8-14)15-12(17)9-6-5-7-10(18-3)11(9)16/h5-7,16H,4H2,1-3H3,(H,15,17). The van der Waals surface area contributed by atoms with E-state index in [-0.39, 0.29) is 17.1 Å². The molecule has 0 heterocycles. The summed E-state index contributed by atoms with van der Waals surface area (Å²) in [5.41, 5.74) is -0.864. The van der Waals surface area contributed by atoms with Crippen LogP contribution in [0.15, 0.2) is 18.2 Å². The Morgan fingerprint density at radius 3 is 2.78 bits per heavy atom. The zero-order valence-electron chi connectivity index (χ0n) is 10.7. The first-order valence-corrected chi connectivity index (χ1v) is 5.57. The highest BCUT2D eigenvalue weighted by atomic mass is 16.5. The van der Waals surface area contributed by atoms with Crippen LogP contribution in [0.5, 0.6) is 11.5 Å². The van der Waals surface area contributed by atoms with E-state index in [1.54, 1.807) is 26.0 Å². The lowest BCUT2D eigenvalue weighted by Crippen LogP contribution is -2.44. The third-order valence-corrected chi connectivity index (χ3v) is 2.81. The van der Waals surface area contributed by atoms with E-state index in [1.165, 1.54) is 13.2 Å². The molecule has 96 valence electrons. The molecular formula is C13H16N2O3. The number of rotatable bonds is 4. The van der Waals surface area contributed by atoms with Crippen molar-refractivity contribution in [3.8, 4) is 17.6 Å². The number of nitrogens with one attached hydrogen (secondary N) is 1. The lowest BCUT2D eigenvalue weighted by molar-refractivity contribution is 0.0919. The minimum atomic E-state index is -0.952. The summed E-state index contributed by atoms with van der Waals surface area (Å²) in [5.74, 6) is -0.510. The normalized spacial score (nSPS) is 13.2. The number of benzene rings is 1. The minimum Gasteiger partial charge on any atom is -0.504 e. The zero-order chi connectivity index (χ0) is 13.8. The number of phenols is 1. The van der Waals surface area contributed by atoms with Crippen LogP contribution in [-0.2, 0) is 0 Å². The van der Waals surface area contributed by atoms with Gasteiger partial charge in [0.05, 0.1) is 18.7 Å². The summed E-state index contributed by atoms with van der Waals surface area (Å²) in [6, 6.07) is 6.66. The third kappa shape index (κ3) is 2.72. The van der Waals surface area contributed by atoms with Gasteiger partial charge in [0, 0.05) is 0 Å². The Bertz CT molecular complexity index is 493. The van der Waals surface area contributed by atoms with Crippen LogP contribution < -0.4 is 10.1 Å². The van der Waals surface area contributed by atoms with Crippen LogP contribution in [0.4, 0.5) is 0 Å². The van der Waals surface area contributed by atoms with Gasteiger partial charge >= 0.3 is 0 Å². The van der Waals surface area contributed by atoms with Crippen molar-refractivity contribution in [3.63, 3.8) is 0 Å². The fourth-order valence-electron chi connectivity index (χ4n) is 1.38. The number of nitriles is 1. The molecule has 1 rings (SSSR count). The number of nitrogens with zero attached hydrogens (tertiary/aromatic N) is 1. The second-order valence-corrected chi connectivity index (χ2v) is 4.11. The first-order valence-electron chi connectivity index (χ1n) is 5.57. The van der Waals surface area contributed by atoms with Crippen LogP contribution >= 0.6 is 0 Å². The Morgan fingerprint density at radius 1 is 1.61 bits per heavy atom. The fourth-order valence-corrected chi connectivity index (χ4v) is 1.38. The molecule has 0 aliphatic heterocycles. The van der Waals surface area contributed by atoms with Gasteiger partial charge in [-0.1, -0.05) is 13.0 Å². The van der Waals surface area contributed by atoms with Crippen LogP contribution in [0, 0.1) is 11.3 Å². The van der Waals surface area contributed by atoms with Gasteiger partial charge in [0.25, 0.3) is 5.91 Å². The molecule has 5 heteroatoms. The summed E-state index contributed by atoms with van der Waals surface area (Å²) < 4.78 is 4.92. The molecule has 18 heavy (non-hydrogen) atoms. The molecule has 0 aromatic heterocycles. The molecule has 1 unspecified atom stereocenters. The van der Waals surface area contributed by atoms with Crippen LogP contribution in [0.3, 0.4) is 0 Å². The molecule has 1 aromatic rings. The molecule has 1 aromatic carbocycles. The van der Waals surface area contributed by atoms with Crippen molar-refractivity contribution in [1.29, 1.82) is 5.26 Å². The lowest BCUT2D eigenvalue weighted by atomic mass is 10.0. The topological polar surface area (TPSA) is 82.4 Å². The molecule has 0 fully saturated rings. The van der Waals surface area contributed by atoms with E-state index in [4.69, 9.17) is 10.00 Å². The van der Waals surface area contributed by atoms with Gasteiger partial charge in [0.15, 0.2) is 11.5 Å². The van der Waals surface area contributed by atoms with E-state index in [1.807, 2.05) is 6.07 Å². The number of hydrogen-bond donors (Lipinski definition) is 2. The van der Waals surface area contributed by atoms with Gasteiger partial charge in [-0.2, -0.15) is 5.26 Å². The summed E-state index contributed by atoms with van der Waals surface area (Å²) in [7, 11) is 1.40. The first kappa shape index (κ1) is 13.8. The highest BCUT2D eigenvalue weighted by Gasteiger charge is 2.26. The summed E-state index contributed by atoms with van der Waals surface area (Å²) >= 11 is 0. The molecular weight excluding hydrogens is 232 g/mol. The summed E-state index contributed by atoms with van der Waals surface area (Å²) in [4.78, 5) is 12.0. The quantitative estimate of drug-likeness (QED) is 0.851. The van der Waals surface area contributed by atoms with E-state index in [2.05, 4.69) is 5.32 Å². The van der Waals surface area contributed by atoms with Crippen LogP contribution in [-0.4, -0.2) is 23.7 Å². The lowest BCUT2D eigenvalue weighted by Gasteiger charge is -2.21. The van der Waals surface area contributed by atoms with E-state index in [0.717, 1.165) is 0 Å². The molecule has 0 aliphatic carbocycles. The number of amides is 1. The second-order valence-electron chi connectivity index (χ2n) is 4.11. The second kappa shape index (κ2) is 5.41. The zero-order valence-corrected chi connectivity index (χ0v) is 10.7. The van der Waals surface area contributed by atoms with Crippen molar-refractivity contribution in [2.75, 3.05) is 7.11 Å². The molecule has 5 nitrogen and oxygen atoms in total. The maximum absolute atomic E-state index is 12.0. The molecule has 0 spiro atoms. The number of aromatic hydroxyl groups is 1. The Hall–Kier alpha value is -2.22.